The Kier molecular flexibility index (Phi) is 3.31. The first-order valence-electron chi connectivity index (χ1n) is 6.21. The van der Waals surface area contributed by atoms with Crippen LogP contribution in [0, 0.1) is 0 Å². The standard InChI is InChI=1S/C14H12N2O3S/c17-13(10-5-6-15-16-10)9-2-3-11-8(7-9)1-4-12(20-11)14(18)19/h2-3,5-7,12H,1,4H2,(H,15,16)(H,18,19). The van der Waals surface area contributed by atoms with Crippen molar-refractivity contribution in [2.75, 3.05) is 0 Å². The second-order valence-electron chi connectivity index (χ2n) is 4.61. The summed E-state index contributed by atoms with van der Waals surface area (Å²) in [6.07, 6.45) is 2.82. The number of aryl methyl sites for hydroxylation is 1. The number of aromatic amines is 1. The Hall–Kier alpha value is -2.08. The molecule has 102 valence electrons. The van der Waals surface area contributed by atoms with Crippen LogP contribution in [-0.4, -0.2) is 32.3 Å². The van der Waals surface area contributed by atoms with Gasteiger partial charge in [-0.1, -0.05) is 0 Å². The van der Waals surface area contributed by atoms with Gasteiger partial charge in [0, 0.05) is 16.7 Å². The summed E-state index contributed by atoms with van der Waals surface area (Å²) in [6.45, 7) is 0. The molecule has 0 aliphatic carbocycles. The summed E-state index contributed by atoms with van der Waals surface area (Å²) in [7, 11) is 0. The first-order chi connectivity index (χ1) is 9.65. The van der Waals surface area contributed by atoms with Crippen molar-refractivity contribution in [2.24, 2.45) is 0 Å². The van der Waals surface area contributed by atoms with Gasteiger partial charge in [-0.2, -0.15) is 5.10 Å². The van der Waals surface area contributed by atoms with Gasteiger partial charge in [0.2, 0.25) is 5.78 Å². The lowest BCUT2D eigenvalue weighted by atomic mass is 10.0. The molecule has 0 amide bonds. The van der Waals surface area contributed by atoms with Gasteiger partial charge in [-0.15, -0.1) is 11.8 Å². The van der Waals surface area contributed by atoms with Crippen molar-refractivity contribution in [3.63, 3.8) is 0 Å². The van der Waals surface area contributed by atoms with Gasteiger partial charge in [0.15, 0.2) is 0 Å². The molecule has 2 N–H and O–H groups in total. The third kappa shape index (κ3) is 2.34. The molecule has 6 heteroatoms. The summed E-state index contributed by atoms with van der Waals surface area (Å²) in [5.74, 6) is -0.881. The van der Waals surface area contributed by atoms with E-state index >= 15 is 0 Å². The molecular weight excluding hydrogens is 276 g/mol. The van der Waals surface area contributed by atoms with Crippen LogP contribution < -0.4 is 0 Å². The van der Waals surface area contributed by atoms with E-state index in [2.05, 4.69) is 10.2 Å². The molecule has 2 aromatic rings. The number of nitrogens with zero attached hydrogens (tertiary/aromatic N) is 1. The Labute approximate surface area is 119 Å². The van der Waals surface area contributed by atoms with E-state index in [1.807, 2.05) is 12.1 Å². The number of aliphatic carboxylic acids is 1. The summed E-state index contributed by atoms with van der Waals surface area (Å²) in [4.78, 5) is 24.2. The van der Waals surface area contributed by atoms with Crippen molar-refractivity contribution in [2.45, 2.75) is 23.0 Å². The average molecular weight is 288 g/mol. The van der Waals surface area contributed by atoms with Gasteiger partial charge in [-0.3, -0.25) is 14.7 Å². The fraction of sp³-hybridized carbons (Fsp3) is 0.214. The molecule has 0 bridgehead atoms. The lowest BCUT2D eigenvalue weighted by Crippen LogP contribution is -2.20. The highest BCUT2D eigenvalue weighted by molar-refractivity contribution is 8.00. The third-order valence-corrected chi connectivity index (χ3v) is 4.66. The zero-order chi connectivity index (χ0) is 14.1. The summed E-state index contributed by atoms with van der Waals surface area (Å²) < 4.78 is 0. The van der Waals surface area contributed by atoms with Crippen molar-refractivity contribution in [1.29, 1.82) is 0 Å². The van der Waals surface area contributed by atoms with E-state index in [1.54, 1.807) is 18.3 Å². The van der Waals surface area contributed by atoms with Crippen molar-refractivity contribution in [3.8, 4) is 0 Å². The van der Waals surface area contributed by atoms with Crippen molar-refractivity contribution < 1.29 is 14.7 Å². The van der Waals surface area contributed by atoms with Crippen LogP contribution in [0.1, 0.15) is 28.0 Å². The molecular formula is C14H12N2O3S. The number of carbonyl (C=O) groups is 2. The minimum absolute atomic E-state index is 0.101. The zero-order valence-electron chi connectivity index (χ0n) is 10.5. The quantitative estimate of drug-likeness (QED) is 0.845. The van der Waals surface area contributed by atoms with Gasteiger partial charge < -0.3 is 5.11 Å². The van der Waals surface area contributed by atoms with E-state index in [1.165, 1.54) is 11.8 Å². The number of hydrogen-bond acceptors (Lipinski definition) is 4. The number of H-pyrrole nitrogens is 1. The van der Waals surface area contributed by atoms with E-state index in [-0.39, 0.29) is 5.78 Å². The fourth-order valence-corrected chi connectivity index (χ4v) is 3.34. The van der Waals surface area contributed by atoms with E-state index in [4.69, 9.17) is 5.11 Å². The van der Waals surface area contributed by atoms with Gasteiger partial charge in [0.25, 0.3) is 0 Å². The van der Waals surface area contributed by atoms with Crippen molar-refractivity contribution >= 4 is 23.5 Å². The minimum Gasteiger partial charge on any atom is -0.480 e. The number of carbonyl (C=O) groups excluding carboxylic acids is 1. The lowest BCUT2D eigenvalue weighted by molar-refractivity contribution is -0.136. The molecule has 1 aromatic carbocycles. The molecule has 3 rings (SSSR count). The molecule has 0 fully saturated rings. The smallest absolute Gasteiger partial charge is 0.316 e. The maximum absolute atomic E-state index is 12.2. The number of fused-ring (bicyclic) bond motifs is 1. The number of benzene rings is 1. The first kappa shape index (κ1) is 12.9. The second-order valence-corrected chi connectivity index (χ2v) is 5.85. The number of rotatable bonds is 3. The highest BCUT2D eigenvalue weighted by atomic mass is 32.2. The molecule has 1 aromatic heterocycles. The van der Waals surface area contributed by atoms with Crippen LogP contribution in [0.3, 0.4) is 0 Å². The predicted octanol–water partition coefficient (Wildman–Crippen LogP) is 2.13. The number of thioether (sulfide) groups is 1. The molecule has 0 spiro atoms. The number of carboxylic acids is 1. The summed E-state index contributed by atoms with van der Waals surface area (Å²) in [6, 6.07) is 7.05. The number of hydrogen-bond donors (Lipinski definition) is 2. The molecule has 1 aliphatic heterocycles. The molecule has 0 saturated heterocycles. The molecule has 1 atom stereocenters. The molecule has 0 radical (unpaired) electrons. The molecule has 1 unspecified atom stereocenters. The van der Waals surface area contributed by atoms with Crippen LogP contribution in [0.15, 0.2) is 35.4 Å². The third-order valence-electron chi connectivity index (χ3n) is 3.29. The highest BCUT2D eigenvalue weighted by Crippen LogP contribution is 2.36. The molecule has 0 saturated carbocycles. The Bertz CT molecular complexity index is 667. The van der Waals surface area contributed by atoms with Gasteiger partial charge in [0.05, 0.1) is 0 Å². The predicted molar refractivity (Wildman–Crippen MR) is 74.1 cm³/mol. The summed E-state index contributed by atoms with van der Waals surface area (Å²) in [5.41, 5.74) is 2.09. The monoisotopic (exact) mass is 288 g/mol. The largest absolute Gasteiger partial charge is 0.480 e. The highest BCUT2D eigenvalue weighted by Gasteiger charge is 2.25. The normalized spacial score (nSPS) is 17.5. The van der Waals surface area contributed by atoms with Crippen LogP contribution in [-0.2, 0) is 11.2 Å². The zero-order valence-corrected chi connectivity index (χ0v) is 11.3. The first-order valence-corrected chi connectivity index (χ1v) is 7.09. The minimum atomic E-state index is -0.779. The Morgan fingerprint density at radius 3 is 2.90 bits per heavy atom. The van der Waals surface area contributed by atoms with Crippen LogP contribution in [0.25, 0.3) is 0 Å². The summed E-state index contributed by atoms with van der Waals surface area (Å²) >= 11 is 1.35. The van der Waals surface area contributed by atoms with Crippen LogP contribution in [0.5, 0.6) is 0 Å². The molecule has 5 nitrogen and oxygen atoms in total. The van der Waals surface area contributed by atoms with Crippen LogP contribution in [0.2, 0.25) is 0 Å². The van der Waals surface area contributed by atoms with E-state index in [9.17, 15) is 9.59 Å². The van der Waals surface area contributed by atoms with Crippen LogP contribution >= 0.6 is 11.8 Å². The van der Waals surface area contributed by atoms with E-state index in [0.717, 1.165) is 10.5 Å². The number of carboxylic acid groups (broad SMARTS) is 1. The SMILES string of the molecule is O=C(c1ccc2c(c1)CCC(C(=O)O)S2)c1ccn[nH]1. The Morgan fingerprint density at radius 2 is 2.20 bits per heavy atom. The van der Waals surface area contributed by atoms with E-state index in [0.29, 0.717) is 24.1 Å². The van der Waals surface area contributed by atoms with E-state index < -0.39 is 11.2 Å². The van der Waals surface area contributed by atoms with Crippen molar-refractivity contribution in [1.82, 2.24) is 10.2 Å². The van der Waals surface area contributed by atoms with Gasteiger partial charge in [0.1, 0.15) is 10.9 Å². The van der Waals surface area contributed by atoms with Gasteiger partial charge in [-0.05, 0) is 42.7 Å². The number of aromatic nitrogens is 2. The maximum Gasteiger partial charge on any atom is 0.316 e. The molecule has 2 heterocycles. The molecule has 1 aliphatic rings. The molecule has 20 heavy (non-hydrogen) atoms. The second kappa shape index (κ2) is 5.13. The van der Waals surface area contributed by atoms with Crippen LogP contribution in [0.4, 0.5) is 0 Å². The average Bonchev–Trinajstić information content (AvgIpc) is 2.99. The Morgan fingerprint density at radius 1 is 1.35 bits per heavy atom. The number of ketones is 1. The maximum atomic E-state index is 12.2. The van der Waals surface area contributed by atoms with Gasteiger partial charge >= 0.3 is 5.97 Å². The topological polar surface area (TPSA) is 83.1 Å². The van der Waals surface area contributed by atoms with Crippen molar-refractivity contribution in [3.05, 3.63) is 47.3 Å². The number of nitrogens with one attached hydrogen (secondary N) is 1. The summed E-state index contributed by atoms with van der Waals surface area (Å²) in [5, 5.41) is 15.1. The van der Waals surface area contributed by atoms with Gasteiger partial charge in [-0.25, -0.2) is 0 Å². The Balaban J connectivity index is 1.88. The lowest BCUT2D eigenvalue weighted by Gasteiger charge is -2.21. The fourth-order valence-electron chi connectivity index (χ4n) is 2.24.